The third-order valence-electron chi connectivity index (χ3n) is 0.925. The lowest BCUT2D eigenvalue weighted by Crippen LogP contribution is -1.98. The van der Waals surface area contributed by atoms with Gasteiger partial charge in [0.1, 0.15) is 12.9 Å². The topological polar surface area (TPSA) is 121 Å². The Hall–Kier alpha value is -1.53. The molecule has 0 aliphatic carbocycles. The maximum absolute atomic E-state index is 10.5. The Bertz CT molecular complexity index is 331. The third kappa shape index (κ3) is 31.4. The largest absolute Gasteiger partial charge is 0.466 e. The molecular weight excluding hydrogens is 251 g/mol. The highest BCUT2D eigenvalue weighted by atomic mass is 31.2. The fourth-order valence-electron chi connectivity index (χ4n) is 0.433. The fourth-order valence-corrected chi connectivity index (χ4v) is 0.433. The minimum atomic E-state index is -4.64. The number of carbonyl (C=O) groups is 2. The van der Waals surface area contributed by atoms with E-state index in [2.05, 4.69) is 11.3 Å². The first-order chi connectivity index (χ1) is 7.81. The van der Waals surface area contributed by atoms with E-state index < -0.39 is 13.8 Å². The molecule has 0 radical (unpaired) electrons. The Morgan fingerprint density at radius 3 is 2.18 bits per heavy atom. The van der Waals surface area contributed by atoms with Gasteiger partial charge in [-0.3, -0.25) is 4.79 Å². The number of ether oxygens (including phenoxy) is 1. The molecule has 0 amide bonds. The summed E-state index contributed by atoms with van der Waals surface area (Å²) in [5, 5.41) is 0. The molecule has 0 bridgehead atoms. The van der Waals surface area contributed by atoms with Gasteiger partial charge in [-0.25, -0.2) is 9.36 Å². The third-order valence-corrected chi connectivity index (χ3v) is 0.925. The lowest BCUT2D eigenvalue weighted by Gasteiger charge is -1.93. The summed E-state index contributed by atoms with van der Waals surface area (Å²) in [6, 6.07) is 0. The molecule has 0 aliphatic heterocycles. The minimum absolute atomic E-state index is 0.189. The number of phosphoric acid groups is 1. The van der Waals surface area contributed by atoms with E-state index in [9.17, 15) is 9.59 Å². The Labute approximate surface area is 98.0 Å². The first-order valence-electron chi connectivity index (χ1n) is 4.15. The summed E-state index contributed by atoms with van der Waals surface area (Å²) in [7, 11) is -4.64. The van der Waals surface area contributed by atoms with Gasteiger partial charge >= 0.3 is 13.8 Å². The normalized spacial score (nSPS) is 10.8. The number of rotatable bonds is 5. The van der Waals surface area contributed by atoms with Crippen LogP contribution in [0.25, 0.3) is 0 Å². The summed E-state index contributed by atoms with van der Waals surface area (Å²) in [5.41, 5.74) is 0. The zero-order valence-electron chi connectivity index (χ0n) is 8.80. The van der Waals surface area contributed by atoms with E-state index in [1.165, 1.54) is 6.08 Å². The number of hydrogen-bond donors (Lipinski definition) is 3. The molecule has 17 heavy (non-hydrogen) atoms. The number of allylic oxidation sites excluding steroid dienone is 3. The lowest BCUT2D eigenvalue weighted by molar-refractivity contribution is -0.136. The van der Waals surface area contributed by atoms with E-state index in [0.29, 0.717) is 6.29 Å². The fraction of sp³-hybridized carbons (Fsp3) is 0.111. The van der Waals surface area contributed by atoms with Crippen LogP contribution in [0.15, 0.2) is 37.0 Å². The molecule has 0 aromatic heterocycles. The first-order valence-corrected chi connectivity index (χ1v) is 5.72. The van der Waals surface area contributed by atoms with Gasteiger partial charge < -0.3 is 19.4 Å². The maximum atomic E-state index is 10.5. The molecule has 0 spiro atoms. The second-order valence-corrected chi connectivity index (χ2v) is 3.32. The van der Waals surface area contributed by atoms with Crippen molar-refractivity contribution in [3.8, 4) is 0 Å². The molecule has 0 heterocycles. The van der Waals surface area contributed by atoms with Crippen molar-refractivity contribution in [2.24, 2.45) is 0 Å². The van der Waals surface area contributed by atoms with Crippen LogP contribution in [0.1, 0.15) is 0 Å². The van der Waals surface area contributed by atoms with E-state index >= 15 is 0 Å². The highest BCUT2D eigenvalue weighted by molar-refractivity contribution is 7.45. The quantitative estimate of drug-likeness (QED) is 0.211. The smallest absolute Gasteiger partial charge is 0.458 e. The van der Waals surface area contributed by atoms with Crippen LogP contribution in [0.4, 0.5) is 0 Å². The predicted octanol–water partition coefficient (Wildman–Crippen LogP) is 0.0983. The summed E-state index contributed by atoms with van der Waals surface area (Å²) in [6.07, 6.45) is 7.88. The van der Waals surface area contributed by atoms with E-state index in [0.717, 1.165) is 6.08 Å². The SMILES string of the molecule is C=CC(=O)OCC=CC=CC=O.O=P(O)(O)O. The van der Waals surface area contributed by atoms with Gasteiger partial charge in [0, 0.05) is 6.08 Å². The van der Waals surface area contributed by atoms with Gasteiger partial charge in [-0.15, -0.1) is 0 Å². The molecule has 96 valence electrons. The highest BCUT2D eigenvalue weighted by Crippen LogP contribution is 2.25. The summed E-state index contributed by atoms with van der Waals surface area (Å²) >= 11 is 0. The summed E-state index contributed by atoms with van der Waals surface area (Å²) < 4.78 is 13.5. The van der Waals surface area contributed by atoms with Crippen molar-refractivity contribution in [2.45, 2.75) is 0 Å². The Morgan fingerprint density at radius 2 is 1.76 bits per heavy atom. The molecule has 8 heteroatoms. The van der Waals surface area contributed by atoms with Crippen molar-refractivity contribution in [3.63, 3.8) is 0 Å². The molecule has 0 aromatic rings. The number of esters is 1. The summed E-state index contributed by atoms with van der Waals surface area (Å²) in [5.74, 6) is -0.459. The molecule has 3 N–H and O–H groups in total. The van der Waals surface area contributed by atoms with E-state index in [4.69, 9.17) is 19.2 Å². The molecule has 0 saturated carbocycles. The molecular formula is C9H13O7P. The van der Waals surface area contributed by atoms with Crippen LogP contribution in [0.2, 0.25) is 0 Å². The van der Waals surface area contributed by atoms with Gasteiger partial charge in [0.2, 0.25) is 0 Å². The van der Waals surface area contributed by atoms with Gasteiger partial charge in [-0.1, -0.05) is 18.7 Å². The molecule has 7 nitrogen and oxygen atoms in total. The van der Waals surface area contributed by atoms with Crippen molar-refractivity contribution < 1.29 is 33.6 Å². The maximum Gasteiger partial charge on any atom is 0.466 e. The standard InChI is InChI=1S/C9H10O3.H3O4P/c1-2-9(11)12-8-6-4-3-5-7-10;1-5(2,3)4/h2-7H,1,8H2;(H3,1,2,3,4). The lowest BCUT2D eigenvalue weighted by atomic mass is 10.4. The van der Waals surface area contributed by atoms with Crippen LogP contribution in [-0.2, 0) is 18.9 Å². The zero-order chi connectivity index (χ0) is 13.7. The van der Waals surface area contributed by atoms with Crippen molar-refractivity contribution in [1.82, 2.24) is 0 Å². The van der Waals surface area contributed by atoms with Gasteiger partial charge in [0.15, 0.2) is 0 Å². The molecule has 0 unspecified atom stereocenters. The molecule has 0 rings (SSSR count). The van der Waals surface area contributed by atoms with E-state index in [1.54, 1.807) is 18.2 Å². The van der Waals surface area contributed by atoms with Gasteiger partial charge in [0.05, 0.1) is 0 Å². The molecule has 0 aliphatic rings. The first kappa shape index (κ1) is 17.9. The van der Waals surface area contributed by atoms with Crippen LogP contribution < -0.4 is 0 Å². The number of carbonyl (C=O) groups excluding carboxylic acids is 2. The monoisotopic (exact) mass is 264 g/mol. The zero-order valence-corrected chi connectivity index (χ0v) is 9.69. The summed E-state index contributed by atoms with van der Waals surface area (Å²) in [6.45, 7) is 3.42. The van der Waals surface area contributed by atoms with Crippen molar-refractivity contribution in [2.75, 3.05) is 6.61 Å². The van der Waals surface area contributed by atoms with Crippen LogP contribution in [0.5, 0.6) is 0 Å². The van der Waals surface area contributed by atoms with Gasteiger partial charge in [-0.2, -0.15) is 0 Å². The van der Waals surface area contributed by atoms with Crippen molar-refractivity contribution in [3.05, 3.63) is 37.0 Å². The predicted molar refractivity (Wildman–Crippen MR) is 59.8 cm³/mol. The number of aldehydes is 1. The van der Waals surface area contributed by atoms with Gasteiger partial charge in [0.25, 0.3) is 0 Å². The van der Waals surface area contributed by atoms with Crippen LogP contribution in [-0.4, -0.2) is 33.5 Å². The molecule has 0 atom stereocenters. The van der Waals surface area contributed by atoms with Crippen molar-refractivity contribution >= 4 is 20.1 Å². The van der Waals surface area contributed by atoms with Crippen LogP contribution in [0.3, 0.4) is 0 Å². The molecule has 0 fully saturated rings. The minimum Gasteiger partial charge on any atom is -0.458 e. The van der Waals surface area contributed by atoms with E-state index in [-0.39, 0.29) is 6.61 Å². The van der Waals surface area contributed by atoms with Crippen molar-refractivity contribution in [1.29, 1.82) is 0 Å². The Morgan fingerprint density at radius 1 is 1.24 bits per heavy atom. The Kier molecular flexibility index (Phi) is 11.5. The molecule has 0 saturated heterocycles. The van der Waals surface area contributed by atoms with E-state index in [1.807, 2.05) is 0 Å². The highest BCUT2D eigenvalue weighted by Gasteiger charge is 2.00. The molecule has 0 aromatic carbocycles. The average molecular weight is 264 g/mol. The average Bonchev–Trinajstić information content (AvgIpc) is 2.20. The van der Waals surface area contributed by atoms with Gasteiger partial charge in [-0.05, 0) is 12.2 Å². The number of hydrogen-bond acceptors (Lipinski definition) is 4. The summed E-state index contributed by atoms with van der Waals surface area (Å²) in [4.78, 5) is 41.8. The second-order valence-electron chi connectivity index (χ2n) is 2.30. The second kappa shape index (κ2) is 11.0. The Balaban J connectivity index is 0. The van der Waals surface area contributed by atoms with Crippen LogP contribution >= 0.6 is 7.82 Å². The van der Waals surface area contributed by atoms with Crippen LogP contribution in [0, 0.1) is 0 Å².